The molecule has 2 N–H and O–H groups in total. The van der Waals surface area contributed by atoms with E-state index in [9.17, 15) is 4.79 Å². The fraction of sp³-hybridized carbons (Fsp3) is 0.500. The number of aromatic amines is 1. The quantitative estimate of drug-likeness (QED) is 0.870. The highest BCUT2D eigenvalue weighted by atomic mass is 16.1. The van der Waals surface area contributed by atoms with Crippen LogP contribution >= 0.6 is 0 Å². The standard InChI is InChI=1S/C14H18N4O/c1-9-7-8-11-12(15-9)17-18-13(11)16-14(19)10-5-3-2-4-6-10/h7-8,10H,2-6H2,1H3,(H2,15,16,17,18,19). The van der Waals surface area contributed by atoms with Crippen molar-refractivity contribution < 1.29 is 4.79 Å². The molecule has 5 heteroatoms. The van der Waals surface area contributed by atoms with Gasteiger partial charge in [-0.15, -0.1) is 0 Å². The van der Waals surface area contributed by atoms with Crippen molar-refractivity contribution in [1.29, 1.82) is 0 Å². The zero-order chi connectivity index (χ0) is 13.2. The van der Waals surface area contributed by atoms with Crippen LogP contribution in [0.1, 0.15) is 37.8 Å². The van der Waals surface area contributed by atoms with Gasteiger partial charge in [-0.3, -0.25) is 9.89 Å². The smallest absolute Gasteiger partial charge is 0.228 e. The number of amides is 1. The third-order valence-corrected chi connectivity index (χ3v) is 3.78. The number of hydrogen-bond donors (Lipinski definition) is 2. The predicted molar refractivity (Wildman–Crippen MR) is 73.8 cm³/mol. The number of H-pyrrole nitrogens is 1. The summed E-state index contributed by atoms with van der Waals surface area (Å²) >= 11 is 0. The van der Waals surface area contributed by atoms with Crippen molar-refractivity contribution in [3.8, 4) is 0 Å². The molecule has 0 atom stereocenters. The van der Waals surface area contributed by atoms with E-state index >= 15 is 0 Å². The molecule has 2 heterocycles. The van der Waals surface area contributed by atoms with Gasteiger partial charge >= 0.3 is 0 Å². The maximum atomic E-state index is 12.2. The molecule has 0 unspecified atom stereocenters. The van der Waals surface area contributed by atoms with Crippen LogP contribution in [0.25, 0.3) is 11.0 Å². The zero-order valence-corrected chi connectivity index (χ0v) is 11.1. The first-order valence-electron chi connectivity index (χ1n) is 6.86. The van der Waals surface area contributed by atoms with Crippen molar-refractivity contribution in [1.82, 2.24) is 15.2 Å². The minimum absolute atomic E-state index is 0.0914. The van der Waals surface area contributed by atoms with E-state index < -0.39 is 0 Å². The third-order valence-electron chi connectivity index (χ3n) is 3.78. The van der Waals surface area contributed by atoms with E-state index in [1.54, 1.807) is 0 Å². The average Bonchev–Trinajstić information content (AvgIpc) is 2.82. The number of hydrogen-bond acceptors (Lipinski definition) is 3. The van der Waals surface area contributed by atoms with Crippen molar-refractivity contribution >= 4 is 22.8 Å². The molecule has 0 saturated heterocycles. The molecule has 0 radical (unpaired) electrons. The molecule has 1 fully saturated rings. The Hall–Kier alpha value is -1.91. The van der Waals surface area contributed by atoms with Crippen LogP contribution in [-0.2, 0) is 4.79 Å². The van der Waals surface area contributed by atoms with Crippen LogP contribution < -0.4 is 5.32 Å². The molecule has 1 amide bonds. The van der Waals surface area contributed by atoms with Crippen LogP contribution in [0, 0.1) is 12.8 Å². The van der Waals surface area contributed by atoms with E-state index in [0.29, 0.717) is 5.82 Å². The van der Waals surface area contributed by atoms with Gasteiger partial charge in [-0.2, -0.15) is 5.10 Å². The van der Waals surface area contributed by atoms with Gasteiger partial charge in [0.2, 0.25) is 5.91 Å². The lowest BCUT2D eigenvalue weighted by Crippen LogP contribution is -2.24. The molecule has 5 nitrogen and oxygen atoms in total. The van der Waals surface area contributed by atoms with Crippen LogP contribution in [0.2, 0.25) is 0 Å². The molecule has 100 valence electrons. The summed E-state index contributed by atoms with van der Waals surface area (Å²) in [5.41, 5.74) is 1.65. The number of nitrogens with zero attached hydrogens (tertiary/aromatic N) is 2. The van der Waals surface area contributed by atoms with Crippen molar-refractivity contribution in [2.24, 2.45) is 5.92 Å². The fourth-order valence-corrected chi connectivity index (χ4v) is 2.68. The molecule has 19 heavy (non-hydrogen) atoms. The molecule has 2 aromatic heterocycles. The van der Waals surface area contributed by atoms with Gasteiger partial charge < -0.3 is 5.32 Å². The van der Waals surface area contributed by atoms with E-state index in [-0.39, 0.29) is 11.8 Å². The van der Waals surface area contributed by atoms with Gasteiger partial charge in [0.1, 0.15) is 0 Å². The average molecular weight is 258 g/mol. The highest BCUT2D eigenvalue weighted by molar-refractivity contribution is 5.99. The Morgan fingerprint density at radius 2 is 2.11 bits per heavy atom. The first-order chi connectivity index (χ1) is 9.24. The number of rotatable bonds is 2. The number of anilines is 1. The topological polar surface area (TPSA) is 70.7 Å². The SMILES string of the molecule is Cc1ccc2c(NC(=O)C3CCCCC3)n[nH]c2n1. The Kier molecular flexibility index (Phi) is 3.19. The Balaban J connectivity index is 1.79. The van der Waals surface area contributed by atoms with Gasteiger partial charge in [0.15, 0.2) is 11.5 Å². The molecular formula is C14H18N4O. The highest BCUT2D eigenvalue weighted by Crippen LogP contribution is 2.26. The predicted octanol–water partition coefficient (Wildman–Crippen LogP) is 2.79. The second-order valence-electron chi connectivity index (χ2n) is 5.25. The lowest BCUT2D eigenvalue weighted by atomic mass is 9.89. The summed E-state index contributed by atoms with van der Waals surface area (Å²) in [6.45, 7) is 1.93. The lowest BCUT2D eigenvalue weighted by Gasteiger charge is -2.20. The zero-order valence-electron chi connectivity index (χ0n) is 11.1. The summed E-state index contributed by atoms with van der Waals surface area (Å²) in [6, 6.07) is 3.87. The Morgan fingerprint density at radius 3 is 2.89 bits per heavy atom. The van der Waals surface area contributed by atoms with Gasteiger partial charge in [-0.1, -0.05) is 19.3 Å². The third kappa shape index (κ3) is 2.45. The van der Waals surface area contributed by atoms with Gasteiger partial charge in [-0.05, 0) is 31.9 Å². The van der Waals surface area contributed by atoms with E-state index in [4.69, 9.17) is 0 Å². The maximum Gasteiger partial charge on any atom is 0.228 e. The van der Waals surface area contributed by atoms with Crippen molar-refractivity contribution in [2.75, 3.05) is 5.32 Å². The lowest BCUT2D eigenvalue weighted by molar-refractivity contribution is -0.120. The Labute approximate surface area is 111 Å². The molecule has 1 aliphatic carbocycles. The molecule has 1 aliphatic rings. The number of carbonyl (C=O) groups excluding carboxylic acids is 1. The number of pyridine rings is 1. The Bertz CT molecular complexity index is 599. The molecule has 2 aromatic rings. The van der Waals surface area contributed by atoms with E-state index in [0.717, 1.165) is 42.4 Å². The summed E-state index contributed by atoms with van der Waals surface area (Å²) in [4.78, 5) is 16.5. The van der Waals surface area contributed by atoms with Crippen LogP contribution in [0.15, 0.2) is 12.1 Å². The van der Waals surface area contributed by atoms with Gasteiger partial charge in [-0.25, -0.2) is 4.98 Å². The van der Waals surface area contributed by atoms with Crippen molar-refractivity contribution in [3.63, 3.8) is 0 Å². The van der Waals surface area contributed by atoms with Crippen LogP contribution in [0.4, 0.5) is 5.82 Å². The maximum absolute atomic E-state index is 12.2. The Morgan fingerprint density at radius 1 is 1.32 bits per heavy atom. The first kappa shape index (κ1) is 12.1. The number of aryl methyl sites for hydroxylation is 1. The minimum atomic E-state index is 0.0914. The van der Waals surface area contributed by atoms with Gasteiger partial charge in [0.25, 0.3) is 0 Å². The monoisotopic (exact) mass is 258 g/mol. The molecule has 3 rings (SSSR count). The second-order valence-corrected chi connectivity index (χ2v) is 5.25. The van der Waals surface area contributed by atoms with E-state index in [2.05, 4.69) is 20.5 Å². The van der Waals surface area contributed by atoms with Gasteiger partial charge in [0.05, 0.1) is 5.39 Å². The summed E-state index contributed by atoms with van der Waals surface area (Å²) in [5.74, 6) is 0.825. The highest BCUT2D eigenvalue weighted by Gasteiger charge is 2.22. The van der Waals surface area contributed by atoms with Gasteiger partial charge in [0, 0.05) is 11.6 Å². The normalized spacial score (nSPS) is 16.7. The van der Waals surface area contributed by atoms with Crippen LogP contribution in [-0.4, -0.2) is 21.1 Å². The molecule has 0 bridgehead atoms. The first-order valence-corrected chi connectivity index (χ1v) is 6.86. The van der Waals surface area contributed by atoms with Crippen molar-refractivity contribution in [3.05, 3.63) is 17.8 Å². The molecule has 0 spiro atoms. The van der Waals surface area contributed by atoms with Crippen molar-refractivity contribution in [2.45, 2.75) is 39.0 Å². The fourth-order valence-electron chi connectivity index (χ4n) is 2.68. The largest absolute Gasteiger partial charge is 0.308 e. The number of aromatic nitrogens is 3. The molecular weight excluding hydrogens is 240 g/mol. The van der Waals surface area contributed by atoms with Crippen LogP contribution in [0.3, 0.4) is 0 Å². The number of nitrogens with one attached hydrogen (secondary N) is 2. The van der Waals surface area contributed by atoms with E-state index in [1.165, 1.54) is 6.42 Å². The minimum Gasteiger partial charge on any atom is -0.308 e. The second kappa shape index (κ2) is 4.99. The van der Waals surface area contributed by atoms with Crippen LogP contribution in [0.5, 0.6) is 0 Å². The number of fused-ring (bicyclic) bond motifs is 1. The van der Waals surface area contributed by atoms with E-state index in [1.807, 2.05) is 19.1 Å². The summed E-state index contributed by atoms with van der Waals surface area (Å²) in [6.07, 6.45) is 5.54. The summed E-state index contributed by atoms with van der Waals surface area (Å²) in [7, 11) is 0. The summed E-state index contributed by atoms with van der Waals surface area (Å²) < 4.78 is 0. The summed E-state index contributed by atoms with van der Waals surface area (Å²) in [5, 5.41) is 10.8. The number of carbonyl (C=O) groups is 1. The molecule has 0 aromatic carbocycles. The molecule has 1 saturated carbocycles. The molecule has 0 aliphatic heterocycles.